The van der Waals surface area contributed by atoms with E-state index in [4.69, 9.17) is 0 Å². The van der Waals surface area contributed by atoms with Gasteiger partial charge in [0.15, 0.2) is 5.13 Å². The highest BCUT2D eigenvalue weighted by Gasteiger charge is 2.17. The monoisotopic (exact) mass is 354 g/mol. The average molecular weight is 355 g/mol. The number of unbranched alkanes of at least 4 members (excludes halogenated alkanes) is 4. The van der Waals surface area contributed by atoms with Gasteiger partial charge in [-0.05, 0) is 20.5 Å². The zero-order valence-electron chi connectivity index (χ0n) is 15.1. The Hall–Kier alpha value is -1.47. The number of anilines is 1. The van der Waals surface area contributed by atoms with Gasteiger partial charge in [0.05, 0.1) is 6.54 Å². The van der Waals surface area contributed by atoms with Crippen LogP contribution in [0, 0.1) is 0 Å². The largest absolute Gasteiger partial charge is 0.332 e. The Morgan fingerprint density at radius 3 is 2.54 bits per heavy atom. The van der Waals surface area contributed by atoms with Gasteiger partial charge in [0, 0.05) is 31.1 Å². The average Bonchev–Trinajstić information content (AvgIpc) is 3.03. The van der Waals surface area contributed by atoms with E-state index in [2.05, 4.69) is 17.2 Å². The lowest BCUT2D eigenvalue weighted by Gasteiger charge is -2.24. The predicted octanol–water partition coefficient (Wildman–Crippen LogP) is 2.83. The van der Waals surface area contributed by atoms with Gasteiger partial charge >= 0.3 is 0 Å². The lowest BCUT2D eigenvalue weighted by molar-refractivity contribution is -0.135. The summed E-state index contributed by atoms with van der Waals surface area (Å²) in [4.78, 5) is 32.3. The van der Waals surface area contributed by atoms with Gasteiger partial charge in [-0.1, -0.05) is 32.6 Å². The van der Waals surface area contributed by atoms with E-state index in [9.17, 15) is 9.59 Å². The maximum Gasteiger partial charge on any atom is 0.245 e. The molecule has 1 rings (SSSR count). The number of hydrogen-bond donors (Lipinski definition) is 1. The molecule has 1 N–H and O–H groups in total. The van der Waals surface area contributed by atoms with Crippen LogP contribution < -0.4 is 5.32 Å². The highest BCUT2D eigenvalue weighted by molar-refractivity contribution is 7.13. The molecule has 0 aromatic carbocycles. The fraction of sp³-hybridized carbons (Fsp3) is 0.706. The van der Waals surface area contributed by atoms with E-state index in [0.717, 1.165) is 19.4 Å². The van der Waals surface area contributed by atoms with Crippen LogP contribution in [-0.2, 0) is 9.59 Å². The summed E-state index contributed by atoms with van der Waals surface area (Å²) in [6.07, 6.45) is 7.71. The van der Waals surface area contributed by atoms with E-state index in [0.29, 0.717) is 18.1 Å². The van der Waals surface area contributed by atoms with Gasteiger partial charge in [0.25, 0.3) is 0 Å². The minimum absolute atomic E-state index is 0.0580. The fourth-order valence-corrected chi connectivity index (χ4v) is 2.81. The third-order valence-electron chi connectivity index (χ3n) is 3.68. The molecule has 0 spiro atoms. The first-order valence-corrected chi connectivity index (χ1v) is 9.52. The SMILES string of the molecule is CCCCCCCC(=O)N(CCN(C)C)CC(=O)Nc1nccs1. The topological polar surface area (TPSA) is 65.5 Å². The van der Waals surface area contributed by atoms with Crippen LogP contribution >= 0.6 is 11.3 Å². The Bertz CT molecular complexity index is 477. The van der Waals surface area contributed by atoms with E-state index < -0.39 is 0 Å². The van der Waals surface area contributed by atoms with Crippen LogP contribution in [0.3, 0.4) is 0 Å². The minimum atomic E-state index is -0.192. The number of rotatable bonds is 12. The molecule has 1 aromatic heterocycles. The van der Waals surface area contributed by atoms with Crippen molar-refractivity contribution in [3.8, 4) is 0 Å². The number of amides is 2. The maximum atomic E-state index is 12.4. The normalized spacial score (nSPS) is 10.8. The first-order chi connectivity index (χ1) is 11.5. The summed E-state index contributed by atoms with van der Waals surface area (Å²) in [5, 5.41) is 5.12. The standard InChI is InChI=1S/C17H30N4O2S/c1-4-5-6-7-8-9-16(23)21(12-11-20(2)3)14-15(22)19-17-18-10-13-24-17/h10,13H,4-9,11-12,14H2,1-3H3,(H,18,19,22). The third kappa shape index (κ3) is 8.98. The summed E-state index contributed by atoms with van der Waals surface area (Å²) in [5.41, 5.74) is 0. The van der Waals surface area contributed by atoms with Crippen molar-refractivity contribution in [2.75, 3.05) is 39.0 Å². The summed E-state index contributed by atoms with van der Waals surface area (Å²) in [7, 11) is 3.92. The molecule has 7 heteroatoms. The van der Waals surface area contributed by atoms with Gasteiger partial charge in [-0.2, -0.15) is 0 Å². The highest BCUT2D eigenvalue weighted by atomic mass is 32.1. The molecule has 136 valence electrons. The van der Waals surface area contributed by atoms with Gasteiger partial charge in [-0.3, -0.25) is 9.59 Å². The van der Waals surface area contributed by atoms with E-state index in [1.54, 1.807) is 16.5 Å². The lowest BCUT2D eigenvalue weighted by Crippen LogP contribution is -2.41. The van der Waals surface area contributed by atoms with Gasteiger partial charge in [0.1, 0.15) is 0 Å². The maximum absolute atomic E-state index is 12.4. The Labute approximate surface area is 149 Å². The lowest BCUT2D eigenvalue weighted by atomic mass is 10.1. The highest BCUT2D eigenvalue weighted by Crippen LogP contribution is 2.11. The van der Waals surface area contributed by atoms with Crippen molar-refractivity contribution in [2.24, 2.45) is 0 Å². The number of carbonyl (C=O) groups is 2. The molecular weight excluding hydrogens is 324 g/mol. The second kappa shape index (κ2) is 12.0. The van der Waals surface area contributed by atoms with Crippen molar-refractivity contribution in [1.82, 2.24) is 14.8 Å². The molecule has 6 nitrogen and oxygen atoms in total. The van der Waals surface area contributed by atoms with Crippen LogP contribution in [-0.4, -0.2) is 60.3 Å². The Morgan fingerprint density at radius 1 is 1.17 bits per heavy atom. The molecule has 0 aliphatic rings. The predicted molar refractivity (Wildman–Crippen MR) is 99.3 cm³/mol. The number of thiazole rings is 1. The molecule has 2 amide bonds. The van der Waals surface area contributed by atoms with Gasteiger partial charge in [0.2, 0.25) is 11.8 Å². The molecule has 1 heterocycles. The number of carbonyl (C=O) groups excluding carboxylic acids is 2. The fourth-order valence-electron chi connectivity index (χ4n) is 2.27. The summed E-state index contributed by atoms with van der Waals surface area (Å²) in [5.74, 6) is -0.134. The van der Waals surface area contributed by atoms with Crippen LogP contribution in [0.15, 0.2) is 11.6 Å². The first-order valence-electron chi connectivity index (χ1n) is 8.64. The van der Waals surface area contributed by atoms with Crippen LogP contribution in [0.5, 0.6) is 0 Å². The van der Waals surface area contributed by atoms with Crippen LogP contribution in [0.25, 0.3) is 0 Å². The third-order valence-corrected chi connectivity index (χ3v) is 4.37. The number of nitrogens with zero attached hydrogens (tertiary/aromatic N) is 3. The van der Waals surface area contributed by atoms with Crippen LogP contribution in [0.4, 0.5) is 5.13 Å². The quantitative estimate of drug-likeness (QED) is 0.586. The molecule has 0 aliphatic heterocycles. The molecule has 0 atom stereocenters. The molecule has 1 aromatic rings. The van der Waals surface area contributed by atoms with Crippen molar-refractivity contribution in [2.45, 2.75) is 45.4 Å². The Kier molecular flexibility index (Phi) is 10.3. The second-order valence-electron chi connectivity index (χ2n) is 6.17. The molecule has 0 saturated heterocycles. The number of aromatic nitrogens is 1. The van der Waals surface area contributed by atoms with Crippen molar-refractivity contribution in [3.63, 3.8) is 0 Å². The van der Waals surface area contributed by atoms with Crippen molar-refractivity contribution < 1.29 is 9.59 Å². The van der Waals surface area contributed by atoms with Gasteiger partial charge in [-0.25, -0.2) is 4.98 Å². The Balaban J connectivity index is 2.45. The summed E-state index contributed by atoms with van der Waals surface area (Å²) in [6, 6.07) is 0. The molecule has 0 bridgehead atoms. The summed E-state index contributed by atoms with van der Waals surface area (Å²) >= 11 is 1.37. The number of nitrogens with one attached hydrogen (secondary N) is 1. The molecule has 0 fully saturated rings. The molecule has 0 unspecified atom stereocenters. The molecule has 0 radical (unpaired) electrons. The smallest absolute Gasteiger partial charge is 0.245 e. The minimum Gasteiger partial charge on any atom is -0.332 e. The van der Waals surface area contributed by atoms with Crippen LogP contribution in [0.1, 0.15) is 45.4 Å². The van der Waals surface area contributed by atoms with Crippen LogP contribution in [0.2, 0.25) is 0 Å². The van der Waals surface area contributed by atoms with Gasteiger partial charge < -0.3 is 15.1 Å². The zero-order chi connectivity index (χ0) is 17.8. The van der Waals surface area contributed by atoms with Crippen molar-refractivity contribution in [1.29, 1.82) is 0 Å². The van der Waals surface area contributed by atoms with Gasteiger partial charge in [-0.15, -0.1) is 11.3 Å². The number of likely N-dealkylation sites (N-methyl/N-ethyl adjacent to an activating group) is 1. The van der Waals surface area contributed by atoms with E-state index >= 15 is 0 Å². The first kappa shape index (κ1) is 20.6. The molecule has 24 heavy (non-hydrogen) atoms. The summed E-state index contributed by atoms with van der Waals surface area (Å²) < 4.78 is 0. The zero-order valence-corrected chi connectivity index (χ0v) is 15.9. The summed E-state index contributed by atoms with van der Waals surface area (Å²) in [6.45, 7) is 3.56. The Morgan fingerprint density at radius 2 is 1.92 bits per heavy atom. The van der Waals surface area contributed by atoms with E-state index in [-0.39, 0.29) is 18.4 Å². The van der Waals surface area contributed by atoms with Crippen molar-refractivity contribution in [3.05, 3.63) is 11.6 Å². The second-order valence-corrected chi connectivity index (χ2v) is 7.06. The molecule has 0 saturated carbocycles. The van der Waals surface area contributed by atoms with E-state index in [1.165, 1.54) is 30.6 Å². The molecular formula is C17H30N4O2S. The molecule has 0 aliphatic carbocycles. The number of hydrogen-bond acceptors (Lipinski definition) is 5. The van der Waals surface area contributed by atoms with Crippen molar-refractivity contribution >= 4 is 28.3 Å². The van der Waals surface area contributed by atoms with E-state index in [1.807, 2.05) is 19.0 Å².